The molecule has 0 aromatic carbocycles. The van der Waals surface area contributed by atoms with E-state index in [2.05, 4.69) is 35.9 Å². The van der Waals surface area contributed by atoms with E-state index in [1.807, 2.05) is 0 Å². The molecule has 1 saturated carbocycles. The number of hydrogen-bond donors (Lipinski definition) is 1. The molecular formula is C19H37N3. The highest BCUT2D eigenvalue weighted by molar-refractivity contribution is 4.88. The van der Waals surface area contributed by atoms with E-state index in [-0.39, 0.29) is 0 Å². The molecule has 22 heavy (non-hydrogen) atoms. The van der Waals surface area contributed by atoms with Crippen LogP contribution >= 0.6 is 0 Å². The van der Waals surface area contributed by atoms with Gasteiger partial charge in [0.2, 0.25) is 0 Å². The molecule has 3 heteroatoms. The van der Waals surface area contributed by atoms with Crippen molar-refractivity contribution in [2.24, 2.45) is 17.3 Å². The highest BCUT2D eigenvalue weighted by atomic mass is 15.3. The molecule has 1 aliphatic carbocycles. The van der Waals surface area contributed by atoms with Crippen molar-refractivity contribution in [3.05, 3.63) is 0 Å². The molecule has 0 radical (unpaired) electrons. The largest absolute Gasteiger partial charge is 0.314 e. The van der Waals surface area contributed by atoms with Crippen LogP contribution in [0.5, 0.6) is 0 Å². The van der Waals surface area contributed by atoms with Crippen LogP contribution in [0.2, 0.25) is 0 Å². The molecule has 0 amide bonds. The van der Waals surface area contributed by atoms with Crippen LogP contribution in [0.4, 0.5) is 0 Å². The first kappa shape index (κ1) is 16.7. The SMILES string of the molecule is CC(C)(C)C1CCC(CN2CCC(N3CCNCC3)C2)CC1. The average Bonchev–Trinajstić information content (AvgIpc) is 2.96. The van der Waals surface area contributed by atoms with Crippen molar-refractivity contribution in [1.82, 2.24) is 15.1 Å². The minimum absolute atomic E-state index is 0.520. The lowest BCUT2D eigenvalue weighted by Gasteiger charge is -2.38. The highest BCUT2D eigenvalue weighted by Gasteiger charge is 2.33. The summed E-state index contributed by atoms with van der Waals surface area (Å²) in [7, 11) is 0. The van der Waals surface area contributed by atoms with Crippen LogP contribution in [0, 0.1) is 17.3 Å². The van der Waals surface area contributed by atoms with Crippen molar-refractivity contribution in [1.29, 1.82) is 0 Å². The Labute approximate surface area is 137 Å². The van der Waals surface area contributed by atoms with E-state index in [1.54, 1.807) is 0 Å². The number of hydrogen-bond acceptors (Lipinski definition) is 3. The van der Waals surface area contributed by atoms with Crippen molar-refractivity contribution in [2.45, 2.75) is 58.9 Å². The number of nitrogens with zero attached hydrogens (tertiary/aromatic N) is 2. The number of likely N-dealkylation sites (tertiary alicyclic amines) is 1. The molecular weight excluding hydrogens is 270 g/mol. The van der Waals surface area contributed by atoms with Crippen molar-refractivity contribution in [3.63, 3.8) is 0 Å². The van der Waals surface area contributed by atoms with Gasteiger partial charge in [0, 0.05) is 45.3 Å². The Kier molecular flexibility index (Phi) is 5.47. The van der Waals surface area contributed by atoms with Gasteiger partial charge in [-0.25, -0.2) is 0 Å². The topological polar surface area (TPSA) is 18.5 Å². The van der Waals surface area contributed by atoms with E-state index >= 15 is 0 Å². The fraction of sp³-hybridized carbons (Fsp3) is 1.00. The van der Waals surface area contributed by atoms with E-state index in [9.17, 15) is 0 Å². The van der Waals surface area contributed by atoms with Crippen LogP contribution in [0.1, 0.15) is 52.9 Å². The van der Waals surface area contributed by atoms with Gasteiger partial charge >= 0.3 is 0 Å². The second-order valence-corrected chi connectivity index (χ2v) is 9.07. The van der Waals surface area contributed by atoms with E-state index in [4.69, 9.17) is 0 Å². The second-order valence-electron chi connectivity index (χ2n) is 9.07. The van der Waals surface area contributed by atoms with E-state index in [0.717, 1.165) is 17.9 Å². The van der Waals surface area contributed by atoms with Gasteiger partial charge in [-0.3, -0.25) is 4.90 Å². The monoisotopic (exact) mass is 307 g/mol. The van der Waals surface area contributed by atoms with Crippen molar-refractivity contribution in [3.8, 4) is 0 Å². The molecule has 0 aromatic heterocycles. The predicted octanol–water partition coefficient (Wildman–Crippen LogP) is 2.82. The van der Waals surface area contributed by atoms with Crippen LogP contribution in [0.3, 0.4) is 0 Å². The lowest BCUT2D eigenvalue weighted by Crippen LogP contribution is -2.49. The smallest absolute Gasteiger partial charge is 0.0236 e. The summed E-state index contributed by atoms with van der Waals surface area (Å²) in [5.41, 5.74) is 0.520. The lowest BCUT2D eigenvalue weighted by molar-refractivity contribution is 0.125. The molecule has 1 atom stereocenters. The summed E-state index contributed by atoms with van der Waals surface area (Å²) in [6.45, 7) is 16.2. The molecule has 1 unspecified atom stereocenters. The molecule has 2 heterocycles. The summed E-state index contributed by atoms with van der Waals surface area (Å²) in [6.07, 6.45) is 7.26. The average molecular weight is 308 g/mol. The number of piperazine rings is 1. The first-order chi connectivity index (χ1) is 10.5. The fourth-order valence-electron chi connectivity index (χ4n) is 4.90. The van der Waals surface area contributed by atoms with E-state index in [1.165, 1.54) is 77.9 Å². The fourth-order valence-corrected chi connectivity index (χ4v) is 4.90. The van der Waals surface area contributed by atoms with Crippen LogP contribution in [0.25, 0.3) is 0 Å². The van der Waals surface area contributed by atoms with Gasteiger partial charge in [0.1, 0.15) is 0 Å². The van der Waals surface area contributed by atoms with E-state index < -0.39 is 0 Å². The maximum absolute atomic E-state index is 3.48. The molecule has 3 rings (SSSR count). The van der Waals surface area contributed by atoms with Crippen LogP contribution in [-0.4, -0.2) is 61.7 Å². The molecule has 0 aromatic rings. The van der Waals surface area contributed by atoms with Crippen LogP contribution in [0.15, 0.2) is 0 Å². The van der Waals surface area contributed by atoms with Gasteiger partial charge in [-0.1, -0.05) is 20.8 Å². The van der Waals surface area contributed by atoms with Crippen molar-refractivity contribution < 1.29 is 0 Å². The van der Waals surface area contributed by atoms with Gasteiger partial charge in [0.25, 0.3) is 0 Å². The third kappa shape index (κ3) is 4.24. The molecule has 0 bridgehead atoms. The summed E-state index contributed by atoms with van der Waals surface area (Å²) >= 11 is 0. The van der Waals surface area contributed by atoms with Gasteiger partial charge in [0.15, 0.2) is 0 Å². The lowest BCUT2D eigenvalue weighted by atomic mass is 9.70. The molecule has 3 aliphatic rings. The Morgan fingerprint density at radius 3 is 2.23 bits per heavy atom. The van der Waals surface area contributed by atoms with Gasteiger partial charge in [-0.15, -0.1) is 0 Å². The maximum Gasteiger partial charge on any atom is 0.0236 e. The zero-order valence-electron chi connectivity index (χ0n) is 15.1. The van der Waals surface area contributed by atoms with Gasteiger partial charge in [-0.05, 0) is 55.9 Å². The van der Waals surface area contributed by atoms with Crippen molar-refractivity contribution in [2.75, 3.05) is 45.8 Å². The van der Waals surface area contributed by atoms with Gasteiger partial charge < -0.3 is 10.2 Å². The van der Waals surface area contributed by atoms with Crippen LogP contribution in [-0.2, 0) is 0 Å². The second kappa shape index (κ2) is 7.19. The Hall–Kier alpha value is -0.120. The third-order valence-corrected chi connectivity index (χ3v) is 6.50. The Balaban J connectivity index is 1.40. The standard InChI is InChI=1S/C19H37N3/c1-19(2,3)17-6-4-16(5-7-17)14-21-11-8-18(15-21)22-12-9-20-10-13-22/h16-18,20H,4-15H2,1-3H3. The third-order valence-electron chi connectivity index (χ3n) is 6.50. The Bertz CT molecular complexity index is 335. The normalized spacial score (nSPS) is 35.9. The molecule has 3 fully saturated rings. The minimum atomic E-state index is 0.520. The van der Waals surface area contributed by atoms with Gasteiger partial charge in [-0.2, -0.15) is 0 Å². The quantitative estimate of drug-likeness (QED) is 0.865. The zero-order valence-corrected chi connectivity index (χ0v) is 15.1. The van der Waals surface area contributed by atoms with Gasteiger partial charge in [0.05, 0.1) is 0 Å². The summed E-state index contributed by atoms with van der Waals surface area (Å²) in [4.78, 5) is 5.50. The molecule has 2 aliphatic heterocycles. The zero-order chi connectivity index (χ0) is 15.6. The molecule has 3 nitrogen and oxygen atoms in total. The number of rotatable bonds is 3. The first-order valence-electron chi connectivity index (χ1n) is 9.69. The van der Waals surface area contributed by atoms with E-state index in [0.29, 0.717) is 5.41 Å². The summed E-state index contributed by atoms with van der Waals surface area (Å²) in [5.74, 6) is 1.93. The molecule has 1 N–H and O–H groups in total. The maximum atomic E-state index is 3.48. The molecule has 0 spiro atoms. The van der Waals surface area contributed by atoms with Crippen LogP contribution < -0.4 is 5.32 Å². The molecule has 2 saturated heterocycles. The molecule has 128 valence electrons. The predicted molar refractivity (Wildman–Crippen MR) is 94.2 cm³/mol. The Morgan fingerprint density at radius 2 is 1.59 bits per heavy atom. The highest BCUT2D eigenvalue weighted by Crippen LogP contribution is 2.40. The summed E-state index contributed by atoms with van der Waals surface area (Å²) < 4.78 is 0. The summed E-state index contributed by atoms with van der Waals surface area (Å²) in [5, 5.41) is 3.48. The Morgan fingerprint density at radius 1 is 0.909 bits per heavy atom. The first-order valence-corrected chi connectivity index (χ1v) is 9.69. The number of nitrogens with one attached hydrogen (secondary N) is 1. The summed E-state index contributed by atoms with van der Waals surface area (Å²) in [6, 6.07) is 0.841. The van der Waals surface area contributed by atoms with Crippen molar-refractivity contribution >= 4 is 0 Å². The minimum Gasteiger partial charge on any atom is -0.314 e.